The van der Waals surface area contributed by atoms with E-state index in [1.807, 2.05) is 30.5 Å². The molecule has 0 saturated carbocycles. The summed E-state index contributed by atoms with van der Waals surface area (Å²) in [5.74, 6) is 1.39. The van der Waals surface area contributed by atoms with Crippen LogP contribution in [0.3, 0.4) is 0 Å². The number of para-hydroxylation sites is 1. The average molecular weight is 277 g/mol. The van der Waals surface area contributed by atoms with Crippen LogP contribution >= 0.6 is 11.3 Å². The van der Waals surface area contributed by atoms with Crippen LogP contribution < -0.4 is 14.9 Å². The lowest BCUT2D eigenvalue weighted by atomic mass is 10.2. The summed E-state index contributed by atoms with van der Waals surface area (Å²) in [4.78, 5) is 4.08. The van der Waals surface area contributed by atoms with Gasteiger partial charge in [0, 0.05) is 17.1 Å². The number of aromatic nitrogens is 1. The lowest BCUT2D eigenvalue weighted by molar-refractivity contribution is 0.310. The number of hydrogen-bond donors (Lipinski definition) is 1. The number of hydrogen-bond acceptors (Lipinski definition) is 6. The van der Waals surface area contributed by atoms with Crippen LogP contribution in [-0.2, 0) is 0 Å². The van der Waals surface area contributed by atoms with E-state index in [1.165, 1.54) is 11.3 Å². The largest absolute Gasteiger partial charge is 0.493 e. The van der Waals surface area contributed by atoms with Gasteiger partial charge in [-0.15, -0.1) is 11.3 Å². The van der Waals surface area contributed by atoms with Gasteiger partial charge in [0.2, 0.25) is 5.13 Å². The van der Waals surface area contributed by atoms with Gasteiger partial charge in [-0.05, 0) is 19.1 Å². The molecule has 1 N–H and O–H groups in total. The Kier molecular flexibility index (Phi) is 4.74. The fraction of sp³-hybridized carbons (Fsp3) is 0.231. The second kappa shape index (κ2) is 6.75. The maximum Gasteiger partial charge on any atom is 0.203 e. The molecule has 2 aromatic rings. The van der Waals surface area contributed by atoms with Crippen LogP contribution in [-0.4, -0.2) is 24.9 Å². The zero-order valence-electron chi connectivity index (χ0n) is 10.8. The van der Waals surface area contributed by atoms with Gasteiger partial charge in [-0.25, -0.2) is 4.98 Å². The molecule has 0 spiro atoms. The molecule has 6 heteroatoms. The molecule has 1 aromatic heterocycles. The van der Waals surface area contributed by atoms with Crippen molar-refractivity contribution in [2.24, 2.45) is 5.10 Å². The van der Waals surface area contributed by atoms with E-state index in [4.69, 9.17) is 9.47 Å². The Balaban J connectivity index is 2.16. The third kappa shape index (κ3) is 3.45. The molecular formula is C13H15N3O2S. The summed E-state index contributed by atoms with van der Waals surface area (Å²) >= 11 is 1.49. The maximum atomic E-state index is 5.59. The molecule has 2 rings (SSSR count). The molecule has 0 fully saturated rings. The van der Waals surface area contributed by atoms with Crippen molar-refractivity contribution in [1.82, 2.24) is 4.98 Å². The smallest absolute Gasteiger partial charge is 0.203 e. The molecule has 0 unspecified atom stereocenters. The van der Waals surface area contributed by atoms with Crippen LogP contribution in [0.1, 0.15) is 12.5 Å². The minimum absolute atomic E-state index is 0.571. The standard InChI is InChI=1S/C13H15N3O2S/c1-3-18-12-10(5-4-6-11(12)17-2)9-15-16-13-14-7-8-19-13/h4-9H,3H2,1-2H3,(H,14,16)/b15-9-. The molecule has 0 aliphatic heterocycles. The van der Waals surface area contributed by atoms with Crippen molar-refractivity contribution in [2.75, 3.05) is 19.1 Å². The van der Waals surface area contributed by atoms with Crippen LogP contribution in [0.25, 0.3) is 0 Å². The predicted octanol–water partition coefficient (Wildman–Crippen LogP) is 3.00. The Bertz CT molecular complexity index is 541. The first-order chi connectivity index (χ1) is 9.35. The van der Waals surface area contributed by atoms with E-state index in [9.17, 15) is 0 Å². The third-order valence-corrected chi connectivity index (χ3v) is 2.99. The highest BCUT2D eigenvalue weighted by Gasteiger charge is 2.08. The fourth-order valence-corrected chi connectivity index (χ4v) is 2.01. The van der Waals surface area contributed by atoms with E-state index >= 15 is 0 Å². The van der Waals surface area contributed by atoms with Crippen LogP contribution in [0.4, 0.5) is 5.13 Å². The maximum absolute atomic E-state index is 5.59. The highest BCUT2D eigenvalue weighted by Crippen LogP contribution is 2.29. The number of anilines is 1. The zero-order chi connectivity index (χ0) is 13.5. The molecule has 0 amide bonds. The monoisotopic (exact) mass is 277 g/mol. The van der Waals surface area contributed by atoms with Crippen molar-refractivity contribution < 1.29 is 9.47 Å². The number of rotatable bonds is 6. The van der Waals surface area contributed by atoms with Gasteiger partial charge in [0.05, 0.1) is 19.9 Å². The molecule has 0 aliphatic carbocycles. The number of thiazole rings is 1. The van der Waals surface area contributed by atoms with Crippen molar-refractivity contribution in [3.05, 3.63) is 35.3 Å². The quantitative estimate of drug-likeness (QED) is 0.651. The molecular weight excluding hydrogens is 262 g/mol. The molecule has 5 nitrogen and oxygen atoms in total. The van der Waals surface area contributed by atoms with Crippen molar-refractivity contribution in [1.29, 1.82) is 0 Å². The second-order valence-electron chi connectivity index (χ2n) is 3.52. The summed E-state index contributed by atoms with van der Waals surface area (Å²) in [7, 11) is 1.62. The Morgan fingerprint density at radius 3 is 3.05 bits per heavy atom. The first-order valence-electron chi connectivity index (χ1n) is 5.83. The minimum Gasteiger partial charge on any atom is -0.493 e. The van der Waals surface area contributed by atoms with Crippen LogP contribution in [0.15, 0.2) is 34.9 Å². The average Bonchev–Trinajstić information content (AvgIpc) is 2.94. The molecule has 1 aromatic carbocycles. The Morgan fingerprint density at radius 1 is 1.47 bits per heavy atom. The van der Waals surface area contributed by atoms with Crippen molar-refractivity contribution in [3.8, 4) is 11.5 Å². The fourth-order valence-electron chi connectivity index (χ4n) is 1.53. The number of ether oxygens (including phenoxy) is 2. The van der Waals surface area contributed by atoms with Gasteiger partial charge in [-0.2, -0.15) is 5.10 Å². The normalized spacial score (nSPS) is 10.6. The van der Waals surface area contributed by atoms with Gasteiger partial charge in [0.25, 0.3) is 0 Å². The molecule has 100 valence electrons. The summed E-state index contributed by atoms with van der Waals surface area (Å²) in [5.41, 5.74) is 3.71. The van der Waals surface area contributed by atoms with Gasteiger partial charge in [-0.3, -0.25) is 5.43 Å². The lowest BCUT2D eigenvalue weighted by Gasteiger charge is -2.11. The summed E-state index contributed by atoms with van der Waals surface area (Å²) in [5, 5.41) is 6.77. The number of nitrogens with zero attached hydrogens (tertiary/aromatic N) is 2. The topological polar surface area (TPSA) is 55.7 Å². The van der Waals surface area contributed by atoms with E-state index in [2.05, 4.69) is 15.5 Å². The number of hydrazone groups is 1. The van der Waals surface area contributed by atoms with Crippen LogP contribution in [0.5, 0.6) is 11.5 Å². The molecule has 0 radical (unpaired) electrons. The van der Waals surface area contributed by atoms with E-state index in [0.717, 1.165) is 10.7 Å². The Morgan fingerprint density at radius 2 is 2.37 bits per heavy atom. The lowest BCUT2D eigenvalue weighted by Crippen LogP contribution is -2.00. The Hall–Kier alpha value is -2.08. The van der Waals surface area contributed by atoms with E-state index in [0.29, 0.717) is 18.1 Å². The van der Waals surface area contributed by atoms with Crippen LogP contribution in [0.2, 0.25) is 0 Å². The number of methoxy groups -OCH3 is 1. The number of nitrogens with one attached hydrogen (secondary N) is 1. The van der Waals surface area contributed by atoms with Crippen LogP contribution in [0, 0.1) is 0 Å². The molecule has 0 saturated heterocycles. The summed E-state index contributed by atoms with van der Waals surface area (Å²) < 4.78 is 10.9. The molecule has 1 heterocycles. The highest BCUT2D eigenvalue weighted by molar-refractivity contribution is 7.13. The van der Waals surface area contributed by atoms with Gasteiger partial charge >= 0.3 is 0 Å². The first kappa shape index (κ1) is 13.4. The van der Waals surface area contributed by atoms with E-state index in [1.54, 1.807) is 19.5 Å². The van der Waals surface area contributed by atoms with Crippen molar-refractivity contribution >= 4 is 22.7 Å². The molecule has 19 heavy (non-hydrogen) atoms. The van der Waals surface area contributed by atoms with E-state index < -0.39 is 0 Å². The molecule has 0 atom stereocenters. The molecule has 0 aliphatic rings. The van der Waals surface area contributed by atoms with E-state index in [-0.39, 0.29) is 0 Å². The third-order valence-electron chi connectivity index (χ3n) is 2.31. The summed E-state index contributed by atoms with van der Waals surface area (Å²) in [6.07, 6.45) is 3.41. The first-order valence-corrected chi connectivity index (χ1v) is 6.71. The predicted molar refractivity (Wildman–Crippen MR) is 77.5 cm³/mol. The SMILES string of the molecule is CCOc1c(/C=N\Nc2nccs2)cccc1OC. The molecule has 0 bridgehead atoms. The van der Waals surface area contributed by atoms with Gasteiger partial charge in [0.15, 0.2) is 11.5 Å². The van der Waals surface area contributed by atoms with Gasteiger partial charge < -0.3 is 9.47 Å². The van der Waals surface area contributed by atoms with Crippen molar-refractivity contribution in [3.63, 3.8) is 0 Å². The Labute approximate surface area is 115 Å². The minimum atomic E-state index is 0.571. The summed E-state index contributed by atoms with van der Waals surface area (Å²) in [6.45, 7) is 2.50. The number of benzene rings is 1. The summed E-state index contributed by atoms with van der Waals surface area (Å²) in [6, 6.07) is 5.67. The van der Waals surface area contributed by atoms with Gasteiger partial charge in [-0.1, -0.05) is 6.07 Å². The second-order valence-corrected chi connectivity index (χ2v) is 4.41. The highest BCUT2D eigenvalue weighted by atomic mass is 32.1. The van der Waals surface area contributed by atoms with Gasteiger partial charge in [0.1, 0.15) is 0 Å². The van der Waals surface area contributed by atoms with Crippen molar-refractivity contribution in [2.45, 2.75) is 6.92 Å². The zero-order valence-corrected chi connectivity index (χ0v) is 11.6.